The molecule has 0 unspecified atom stereocenters. The Labute approximate surface area is 143 Å². The fraction of sp³-hybridized carbons (Fsp3) is 0.368. The second-order valence-electron chi connectivity index (χ2n) is 5.49. The molecule has 112 valence electrons. The smallest absolute Gasteiger partial charge is 0.534 e. The topological polar surface area (TPSA) is 20.2 Å². The van der Waals surface area contributed by atoms with Crippen LogP contribution >= 0.6 is 0 Å². The summed E-state index contributed by atoms with van der Waals surface area (Å²) in [6.07, 6.45) is 0. The molecule has 0 aliphatic carbocycles. The van der Waals surface area contributed by atoms with Crippen LogP contribution < -0.4 is 0 Å². The predicted molar refractivity (Wildman–Crippen MR) is 85.4 cm³/mol. The van der Waals surface area contributed by atoms with Crippen LogP contribution in [0.25, 0.3) is 0 Å². The summed E-state index contributed by atoms with van der Waals surface area (Å²) in [4.78, 5) is 0. The number of hydrogen-bond acceptors (Lipinski definition) is 1. The molecule has 0 aliphatic rings. The molecule has 2 heteroatoms. The molecule has 0 fully saturated rings. The molecule has 2 aromatic rings. The monoisotopic (exact) mass is 452 g/mol. The molecule has 0 spiro atoms. The fourth-order valence-electron chi connectivity index (χ4n) is 1.90. The summed E-state index contributed by atoms with van der Waals surface area (Å²) in [5, 5.41) is 9.17. The van der Waals surface area contributed by atoms with Gasteiger partial charge in [-0.25, -0.2) is 0 Å². The van der Waals surface area contributed by atoms with Crippen LogP contribution in [0.3, 0.4) is 0 Å². The Bertz CT molecular complexity index is 459. The van der Waals surface area contributed by atoms with E-state index in [0.29, 0.717) is 0 Å². The summed E-state index contributed by atoms with van der Waals surface area (Å²) in [6, 6.07) is 10.3. The van der Waals surface area contributed by atoms with Crippen molar-refractivity contribution in [2.75, 3.05) is 0 Å². The summed E-state index contributed by atoms with van der Waals surface area (Å²) in [6.45, 7) is 14.3. The van der Waals surface area contributed by atoms with Crippen molar-refractivity contribution < 1.29 is 26.2 Å². The first kappa shape index (κ1) is 19.9. The molecule has 0 atom stereocenters. The third-order valence-electron chi connectivity index (χ3n) is 3.69. The van der Waals surface area contributed by atoms with Crippen LogP contribution in [0.2, 0.25) is 0 Å². The average Bonchev–Trinajstić information content (AvgIpc) is 2.35. The van der Waals surface area contributed by atoms with Gasteiger partial charge in [-0.05, 0) is 0 Å². The Balaban J connectivity index is 0.000000364. The van der Waals surface area contributed by atoms with Gasteiger partial charge in [-0.2, -0.15) is 51.6 Å². The number of phenols is 1. The SMILES string of the molecule is Cc1[c-]c(C)c(C)cc1C.Cc1[c-]c(O)c(C)cc1C.[W+2]. The van der Waals surface area contributed by atoms with E-state index in [2.05, 4.69) is 45.9 Å². The largest absolute Gasteiger partial charge is 2.00 e. The standard InChI is InChI=1S/C10H13.C9H11O.W/c1-7-5-9(3)10(4)6-8(7)2;1-6-4-8(3)9(10)5-7(6)2;/h5H,1-4H3;4,10H,1-3H3;/q2*-1;+2. The molecule has 0 aliphatic heterocycles. The first-order valence-corrected chi connectivity index (χ1v) is 6.88. The minimum absolute atomic E-state index is 0. The van der Waals surface area contributed by atoms with E-state index in [-0.39, 0.29) is 26.8 Å². The zero-order chi connectivity index (χ0) is 15.4. The molecule has 0 amide bonds. The number of benzene rings is 2. The van der Waals surface area contributed by atoms with Crippen molar-refractivity contribution in [3.8, 4) is 5.75 Å². The van der Waals surface area contributed by atoms with E-state index in [1.165, 1.54) is 27.8 Å². The van der Waals surface area contributed by atoms with E-state index in [9.17, 15) is 0 Å². The van der Waals surface area contributed by atoms with Gasteiger partial charge in [0.25, 0.3) is 0 Å². The van der Waals surface area contributed by atoms with E-state index in [1.807, 2.05) is 26.8 Å². The van der Waals surface area contributed by atoms with E-state index in [1.54, 1.807) is 0 Å². The molecule has 0 aromatic heterocycles. The van der Waals surface area contributed by atoms with Gasteiger partial charge in [-0.3, -0.25) is 0 Å². The van der Waals surface area contributed by atoms with Gasteiger partial charge in [0.05, 0.1) is 0 Å². The van der Waals surface area contributed by atoms with E-state index in [4.69, 9.17) is 5.11 Å². The zero-order valence-electron chi connectivity index (χ0n) is 14.0. The van der Waals surface area contributed by atoms with Gasteiger partial charge in [0.15, 0.2) is 0 Å². The number of aryl methyl sites for hydroxylation is 7. The van der Waals surface area contributed by atoms with Gasteiger partial charge in [0.2, 0.25) is 0 Å². The van der Waals surface area contributed by atoms with Crippen molar-refractivity contribution in [2.45, 2.75) is 48.5 Å². The third kappa shape index (κ3) is 5.67. The first-order chi connectivity index (χ1) is 9.22. The quantitative estimate of drug-likeness (QED) is 0.568. The van der Waals surface area contributed by atoms with Crippen LogP contribution in [0.4, 0.5) is 0 Å². The van der Waals surface area contributed by atoms with Crippen LogP contribution in [0.1, 0.15) is 38.9 Å². The van der Waals surface area contributed by atoms with Crippen molar-refractivity contribution in [1.29, 1.82) is 0 Å². The first-order valence-electron chi connectivity index (χ1n) is 6.88. The second kappa shape index (κ2) is 8.39. The maximum absolute atomic E-state index is 9.17. The minimum Gasteiger partial charge on any atom is -0.534 e. The van der Waals surface area contributed by atoms with Crippen molar-refractivity contribution in [2.24, 2.45) is 0 Å². The number of hydrogen-bond donors (Lipinski definition) is 1. The second-order valence-corrected chi connectivity index (χ2v) is 5.49. The van der Waals surface area contributed by atoms with E-state index >= 15 is 0 Å². The van der Waals surface area contributed by atoms with Gasteiger partial charge in [-0.1, -0.05) is 48.5 Å². The Kier molecular flexibility index (Phi) is 7.96. The Morgan fingerprint density at radius 3 is 1.29 bits per heavy atom. The van der Waals surface area contributed by atoms with Crippen molar-refractivity contribution in [3.05, 3.63) is 63.2 Å². The Morgan fingerprint density at radius 1 is 0.619 bits per heavy atom. The van der Waals surface area contributed by atoms with Gasteiger partial charge in [0, 0.05) is 5.75 Å². The molecular weight excluding hydrogens is 428 g/mol. The molecule has 2 rings (SSSR count). The summed E-state index contributed by atoms with van der Waals surface area (Å²) < 4.78 is 0. The molecule has 2 aromatic carbocycles. The summed E-state index contributed by atoms with van der Waals surface area (Å²) in [7, 11) is 0. The van der Waals surface area contributed by atoms with Gasteiger partial charge in [0.1, 0.15) is 0 Å². The van der Waals surface area contributed by atoms with Crippen molar-refractivity contribution in [1.82, 2.24) is 0 Å². The maximum Gasteiger partial charge on any atom is 2.00 e. The molecular formula is C19H24OW. The van der Waals surface area contributed by atoms with Crippen molar-refractivity contribution in [3.63, 3.8) is 0 Å². The molecule has 1 N–H and O–H groups in total. The van der Waals surface area contributed by atoms with Crippen LogP contribution in [0.15, 0.2) is 12.1 Å². The van der Waals surface area contributed by atoms with Gasteiger partial charge in [-0.15, -0.1) is 11.6 Å². The number of aromatic hydroxyl groups is 1. The van der Waals surface area contributed by atoms with Crippen LogP contribution in [-0.4, -0.2) is 5.11 Å². The Morgan fingerprint density at radius 2 is 0.952 bits per heavy atom. The van der Waals surface area contributed by atoms with E-state index in [0.717, 1.165) is 11.1 Å². The predicted octanol–water partition coefficient (Wildman–Crippen LogP) is 4.84. The third-order valence-corrected chi connectivity index (χ3v) is 3.69. The van der Waals surface area contributed by atoms with Crippen molar-refractivity contribution >= 4 is 0 Å². The molecule has 0 heterocycles. The summed E-state index contributed by atoms with van der Waals surface area (Å²) >= 11 is 0. The van der Waals surface area contributed by atoms with Crippen LogP contribution in [0.5, 0.6) is 5.75 Å². The molecule has 1 nitrogen and oxygen atoms in total. The normalized spacial score (nSPS) is 9.48. The summed E-state index contributed by atoms with van der Waals surface area (Å²) in [5.41, 5.74) is 8.29. The zero-order valence-corrected chi connectivity index (χ0v) is 16.9. The minimum atomic E-state index is 0. The van der Waals surface area contributed by atoms with Gasteiger partial charge < -0.3 is 5.11 Å². The Hall–Kier alpha value is -1.07. The molecule has 0 saturated heterocycles. The number of phenolic OH excluding ortho intramolecular Hbond substituents is 1. The number of rotatable bonds is 0. The van der Waals surface area contributed by atoms with Crippen LogP contribution in [-0.2, 0) is 21.1 Å². The molecule has 0 saturated carbocycles. The summed E-state index contributed by atoms with van der Waals surface area (Å²) in [5.74, 6) is 0.267. The molecule has 21 heavy (non-hydrogen) atoms. The maximum atomic E-state index is 9.17. The molecule has 0 radical (unpaired) electrons. The van der Waals surface area contributed by atoms with E-state index < -0.39 is 0 Å². The van der Waals surface area contributed by atoms with Gasteiger partial charge >= 0.3 is 21.1 Å². The fourth-order valence-corrected chi connectivity index (χ4v) is 1.90. The van der Waals surface area contributed by atoms with Crippen LogP contribution in [0, 0.1) is 60.6 Å². The average molecular weight is 452 g/mol. The molecule has 0 bridgehead atoms.